The molecule has 0 saturated carbocycles. The zero-order valence-corrected chi connectivity index (χ0v) is 13.3. The maximum Gasteiger partial charge on any atom is 0.251 e. The lowest BCUT2D eigenvalue weighted by atomic mass is 10.1. The predicted molar refractivity (Wildman–Crippen MR) is 84.4 cm³/mol. The molecular formula is C18H19F2NO2. The summed E-state index contributed by atoms with van der Waals surface area (Å²) in [7, 11) is 0. The summed E-state index contributed by atoms with van der Waals surface area (Å²) < 4.78 is 31.9. The van der Waals surface area contributed by atoms with E-state index in [9.17, 15) is 13.6 Å². The first kappa shape index (κ1) is 16.9. The minimum Gasteiger partial charge on any atom is -0.488 e. The third-order valence-electron chi connectivity index (χ3n) is 3.01. The minimum atomic E-state index is -1.05. The molecule has 5 heteroatoms. The Morgan fingerprint density at radius 3 is 2.43 bits per heavy atom. The van der Waals surface area contributed by atoms with E-state index >= 15 is 0 Å². The van der Waals surface area contributed by atoms with Crippen molar-refractivity contribution < 1.29 is 18.3 Å². The van der Waals surface area contributed by atoms with Gasteiger partial charge in [0.15, 0.2) is 11.6 Å². The SMILES string of the molecule is CC(C)(C)Oc1ccccc1CNC(=O)c1ccc(F)c(F)c1. The molecule has 0 fully saturated rings. The van der Waals surface area contributed by atoms with Crippen molar-refractivity contribution in [1.29, 1.82) is 0 Å². The average Bonchev–Trinajstić information content (AvgIpc) is 2.47. The highest BCUT2D eigenvalue weighted by molar-refractivity contribution is 5.94. The number of nitrogens with one attached hydrogen (secondary N) is 1. The molecule has 0 atom stereocenters. The summed E-state index contributed by atoms with van der Waals surface area (Å²) in [5, 5.41) is 2.68. The van der Waals surface area contributed by atoms with E-state index in [1.165, 1.54) is 6.07 Å². The first-order valence-electron chi connectivity index (χ1n) is 7.26. The van der Waals surface area contributed by atoms with Crippen LogP contribution >= 0.6 is 0 Å². The Labute approximate surface area is 134 Å². The van der Waals surface area contributed by atoms with Gasteiger partial charge in [-0.05, 0) is 45.0 Å². The van der Waals surface area contributed by atoms with Crippen LogP contribution in [0.2, 0.25) is 0 Å². The topological polar surface area (TPSA) is 38.3 Å². The lowest BCUT2D eigenvalue weighted by Crippen LogP contribution is -2.26. The molecule has 0 unspecified atom stereocenters. The second-order valence-electron chi connectivity index (χ2n) is 6.13. The number of amides is 1. The number of ether oxygens (including phenoxy) is 1. The summed E-state index contributed by atoms with van der Waals surface area (Å²) >= 11 is 0. The van der Waals surface area contributed by atoms with E-state index in [0.29, 0.717) is 5.75 Å². The normalized spacial score (nSPS) is 11.2. The van der Waals surface area contributed by atoms with Crippen molar-refractivity contribution in [2.75, 3.05) is 0 Å². The molecule has 0 saturated heterocycles. The second kappa shape index (κ2) is 6.77. The van der Waals surface area contributed by atoms with Gasteiger partial charge < -0.3 is 10.1 Å². The maximum atomic E-state index is 13.2. The zero-order chi connectivity index (χ0) is 17.0. The Morgan fingerprint density at radius 2 is 1.78 bits per heavy atom. The quantitative estimate of drug-likeness (QED) is 0.922. The van der Waals surface area contributed by atoms with E-state index in [2.05, 4.69) is 5.32 Å². The van der Waals surface area contributed by atoms with Gasteiger partial charge in [0.25, 0.3) is 5.91 Å². The van der Waals surface area contributed by atoms with Crippen molar-refractivity contribution in [1.82, 2.24) is 5.32 Å². The first-order valence-corrected chi connectivity index (χ1v) is 7.26. The summed E-state index contributed by atoms with van der Waals surface area (Å²) in [6, 6.07) is 10.4. The smallest absolute Gasteiger partial charge is 0.251 e. The first-order chi connectivity index (χ1) is 10.8. The molecule has 122 valence electrons. The fraction of sp³-hybridized carbons (Fsp3) is 0.278. The van der Waals surface area contributed by atoms with Crippen LogP contribution in [0.4, 0.5) is 8.78 Å². The summed E-state index contributed by atoms with van der Waals surface area (Å²) in [4.78, 5) is 12.0. The number of para-hydroxylation sites is 1. The molecule has 2 aromatic rings. The van der Waals surface area contributed by atoms with Gasteiger partial charge in [-0.15, -0.1) is 0 Å². The highest BCUT2D eigenvalue weighted by Crippen LogP contribution is 2.23. The van der Waals surface area contributed by atoms with Gasteiger partial charge in [-0.3, -0.25) is 4.79 Å². The number of halogens is 2. The van der Waals surface area contributed by atoms with Gasteiger partial charge >= 0.3 is 0 Å². The third kappa shape index (κ3) is 4.77. The van der Waals surface area contributed by atoms with E-state index in [1.807, 2.05) is 45.0 Å². The highest BCUT2D eigenvalue weighted by atomic mass is 19.2. The van der Waals surface area contributed by atoms with Gasteiger partial charge in [0, 0.05) is 17.7 Å². The number of hydrogen-bond donors (Lipinski definition) is 1. The largest absolute Gasteiger partial charge is 0.488 e. The number of rotatable bonds is 4. The van der Waals surface area contributed by atoms with Crippen LogP contribution in [0.3, 0.4) is 0 Å². The highest BCUT2D eigenvalue weighted by Gasteiger charge is 2.15. The molecule has 0 spiro atoms. The Bertz CT molecular complexity index is 708. The van der Waals surface area contributed by atoms with Gasteiger partial charge in [-0.1, -0.05) is 18.2 Å². The Morgan fingerprint density at radius 1 is 1.09 bits per heavy atom. The van der Waals surface area contributed by atoms with Crippen molar-refractivity contribution in [3.63, 3.8) is 0 Å². The van der Waals surface area contributed by atoms with Crippen LogP contribution in [0.1, 0.15) is 36.7 Å². The molecule has 0 radical (unpaired) electrons. The van der Waals surface area contributed by atoms with Crippen molar-refractivity contribution in [3.8, 4) is 5.75 Å². The van der Waals surface area contributed by atoms with Crippen molar-refractivity contribution in [2.45, 2.75) is 32.9 Å². The van der Waals surface area contributed by atoms with E-state index in [1.54, 1.807) is 0 Å². The molecule has 2 aromatic carbocycles. The Kier molecular flexibility index (Phi) is 4.98. The fourth-order valence-corrected chi connectivity index (χ4v) is 1.99. The molecule has 1 N–H and O–H groups in total. The Hall–Kier alpha value is -2.43. The van der Waals surface area contributed by atoms with Crippen molar-refractivity contribution in [3.05, 3.63) is 65.2 Å². The molecule has 23 heavy (non-hydrogen) atoms. The molecule has 0 aliphatic carbocycles. The number of benzene rings is 2. The molecule has 3 nitrogen and oxygen atoms in total. The molecule has 0 aliphatic heterocycles. The molecule has 0 heterocycles. The van der Waals surface area contributed by atoms with Crippen molar-refractivity contribution in [2.24, 2.45) is 0 Å². The molecule has 1 amide bonds. The number of carbonyl (C=O) groups is 1. The van der Waals surface area contributed by atoms with Crippen LogP contribution in [-0.4, -0.2) is 11.5 Å². The van der Waals surface area contributed by atoms with E-state index in [4.69, 9.17) is 4.74 Å². The Balaban J connectivity index is 2.08. The van der Waals surface area contributed by atoms with Crippen LogP contribution in [-0.2, 0) is 6.54 Å². The van der Waals surface area contributed by atoms with Crippen LogP contribution in [0, 0.1) is 11.6 Å². The number of carbonyl (C=O) groups excluding carboxylic acids is 1. The van der Waals surface area contributed by atoms with Gasteiger partial charge in [0.1, 0.15) is 11.4 Å². The summed E-state index contributed by atoms with van der Waals surface area (Å²) in [5.74, 6) is -1.83. The molecule has 0 aromatic heterocycles. The van der Waals surface area contributed by atoms with Gasteiger partial charge in [0.05, 0.1) is 0 Å². The van der Waals surface area contributed by atoms with E-state index < -0.39 is 17.5 Å². The lowest BCUT2D eigenvalue weighted by Gasteiger charge is -2.23. The fourth-order valence-electron chi connectivity index (χ4n) is 1.99. The summed E-state index contributed by atoms with van der Waals surface area (Å²) in [6.45, 7) is 6.03. The monoisotopic (exact) mass is 319 g/mol. The van der Waals surface area contributed by atoms with Crippen LogP contribution in [0.25, 0.3) is 0 Å². The van der Waals surface area contributed by atoms with Crippen molar-refractivity contribution >= 4 is 5.91 Å². The zero-order valence-electron chi connectivity index (χ0n) is 13.3. The summed E-state index contributed by atoms with van der Waals surface area (Å²) in [6.07, 6.45) is 0. The van der Waals surface area contributed by atoms with Crippen LogP contribution < -0.4 is 10.1 Å². The third-order valence-corrected chi connectivity index (χ3v) is 3.01. The van der Waals surface area contributed by atoms with Gasteiger partial charge in [-0.25, -0.2) is 8.78 Å². The minimum absolute atomic E-state index is 0.0677. The second-order valence-corrected chi connectivity index (χ2v) is 6.13. The van der Waals surface area contributed by atoms with Crippen LogP contribution in [0.15, 0.2) is 42.5 Å². The van der Waals surface area contributed by atoms with Gasteiger partial charge in [-0.2, -0.15) is 0 Å². The van der Waals surface area contributed by atoms with Gasteiger partial charge in [0.2, 0.25) is 0 Å². The molecule has 0 bridgehead atoms. The molecule has 0 aliphatic rings. The average molecular weight is 319 g/mol. The molecule has 2 rings (SSSR count). The van der Waals surface area contributed by atoms with E-state index in [-0.39, 0.29) is 17.7 Å². The van der Waals surface area contributed by atoms with E-state index in [0.717, 1.165) is 17.7 Å². The standard InChI is InChI=1S/C18H19F2NO2/c1-18(2,3)23-16-7-5-4-6-13(16)11-21-17(22)12-8-9-14(19)15(20)10-12/h4-10H,11H2,1-3H3,(H,21,22). The molecular weight excluding hydrogens is 300 g/mol. The van der Waals surface area contributed by atoms with Crippen LogP contribution in [0.5, 0.6) is 5.75 Å². The predicted octanol–water partition coefficient (Wildman–Crippen LogP) is 4.07. The lowest BCUT2D eigenvalue weighted by molar-refractivity contribution is 0.0949. The summed E-state index contributed by atoms with van der Waals surface area (Å²) in [5.41, 5.74) is 0.511. The number of hydrogen-bond acceptors (Lipinski definition) is 2. The maximum absolute atomic E-state index is 13.2.